The number of pyridine rings is 1. The summed E-state index contributed by atoms with van der Waals surface area (Å²) in [5, 5.41) is 8.28. The van der Waals surface area contributed by atoms with Gasteiger partial charge in [-0.2, -0.15) is 5.10 Å². The highest BCUT2D eigenvalue weighted by Crippen LogP contribution is 2.26. The molecular formula is C21H27N5O. The Hall–Kier alpha value is -2.73. The van der Waals surface area contributed by atoms with Gasteiger partial charge in [0.05, 0.1) is 22.8 Å². The maximum absolute atomic E-state index is 12.9. The number of carbonyl (C=O) groups excluding carboxylic acids is 1. The number of nitrogens with one attached hydrogen (secondary N) is 1. The minimum atomic E-state index is -0.0818. The Bertz CT molecular complexity index is 915. The molecule has 0 spiro atoms. The smallest absolute Gasteiger partial charge is 0.252 e. The molecule has 142 valence electrons. The summed E-state index contributed by atoms with van der Waals surface area (Å²) in [5.74, 6) is -0.0818. The van der Waals surface area contributed by atoms with Crippen LogP contribution in [0.4, 0.5) is 0 Å². The van der Waals surface area contributed by atoms with Crippen molar-refractivity contribution in [3.63, 3.8) is 0 Å². The molecule has 0 radical (unpaired) electrons. The molecule has 1 N–H and O–H groups in total. The second kappa shape index (κ2) is 8.31. The van der Waals surface area contributed by atoms with E-state index in [0.717, 1.165) is 35.3 Å². The summed E-state index contributed by atoms with van der Waals surface area (Å²) in [6, 6.07) is 12.0. The van der Waals surface area contributed by atoms with Crippen molar-refractivity contribution in [1.29, 1.82) is 0 Å². The highest BCUT2D eigenvalue weighted by atomic mass is 16.1. The van der Waals surface area contributed by atoms with Crippen LogP contribution in [0, 0.1) is 0 Å². The van der Waals surface area contributed by atoms with Crippen molar-refractivity contribution >= 4 is 16.9 Å². The molecule has 0 aliphatic carbocycles. The number of fused-ring (bicyclic) bond motifs is 1. The van der Waals surface area contributed by atoms with Crippen LogP contribution >= 0.6 is 0 Å². The average molecular weight is 365 g/mol. The Morgan fingerprint density at radius 2 is 1.96 bits per heavy atom. The van der Waals surface area contributed by atoms with Crippen molar-refractivity contribution in [2.45, 2.75) is 26.3 Å². The lowest BCUT2D eigenvalue weighted by molar-refractivity contribution is 0.0954. The predicted octanol–water partition coefficient (Wildman–Crippen LogP) is 3.36. The summed E-state index contributed by atoms with van der Waals surface area (Å²) in [4.78, 5) is 19.8. The van der Waals surface area contributed by atoms with E-state index in [0.29, 0.717) is 12.1 Å². The average Bonchev–Trinajstić information content (AvgIpc) is 3.09. The summed E-state index contributed by atoms with van der Waals surface area (Å²) < 4.78 is 1.87. The van der Waals surface area contributed by atoms with E-state index in [-0.39, 0.29) is 11.9 Å². The number of benzene rings is 1. The molecule has 2 heterocycles. The van der Waals surface area contributed by atoms with Crippen molar-refractivity contribution in [2.75, 3.05) is 27.2 Å². The molecule has 3 rings (SSSR count). The second-order valence-electron chi connectivity index (χ2n) is 7.25. The van der Waals surface area contributed by atoms with Crippen molar-refractivity contribution in [1.82, 2.24) is 25.0 Å². The third-order valence-corrected chi connectivity index (χ3v) is 4.44. The summed E-state index contributed by atoms with van der Waals surface area (Å²) >= 11 is 0. The van der Waals surface area contributed by atoms with Crippen molar-refractivity contribution in [2.24, 2.45) is 0 Å². The zero-order valence-corrected chi connectivity index (χ0v) is 16.4. The van der Waals surface area contributed by atoms with Crippen molar-refractivity contribution in [3.8, 4) is 11.3 Å². The van der Waals surface area contributed by atoms with E-state index >= 15 is 0 Å². The molecule has 0 fully saturated rings. The van der Waals surface area contributed by atoms with Crippen molar-refractivity contribution < 1.29 is 4.79 Å². The molecule has 1 aromatic carbocycles. The summed E-state index contributed by atoms with van der Waals surface area (Å²) in [5.41, 5.74) is 3.13. The zero-order chi connectivity index (χ0) is 19.4. The maximum Gasteiger partial charge on any atom is 0.252 e. The molecule has 3 aromatic rings. The lowest BCUT2D eigenvalue weighted by Crippen LogP contribution is -2.27. The standard InChI is InChI=1S/C21H27N5O/c1-15(2)26-20-18(14-23-26)17(21(27)22-11-8-12-25(3)4)13-19(24-20)16-9-6-5-7-10-16/h5-7,9-10,13-15H,8,11-12H2,1-4H3,(H,22,27). The van der Waals surface area contributed by atoms with E-state index < -0.39 is 0 Å². The predicted molar refractivity (Wildman–Crippen MR) is 109 cm³/mol. The fourth-order valence-corrected chi connectivity index (χ4v) is 3.03. The van der Waals surface area contributed by atoms with E-state index in [2.05, 4.69) is 29.2 Å². The zero-order valence-electron chi connectivity index (χ0n) is 16.4. The van der Waals surface area contributed by atoms with Crippen LogP contribution in [0.15, 0.2) is 42.6 Å². The van der Waals surface area contributed by atoms with Crippen LogP contribution in [0.2, 0.25) is 0 Å². The maximum atomic E-state index is 12.9. The van der Waals surface area contributed by atoms with Crippen LogP contribution in [0.3, 0.4) is 0 Å². The van der Waals surface area contributed by atoms with Gasteiger partial charge in [-0.15, -0.1) is 0 Å². The summed E-state index contributed by atoms with van der Waals surface area (Å²) in [6.07, 6.45) is 2.65. The molecule has 2 aromatic heterocycles. The minimum absolute atomic E-state index is 0.0818. The Morgan fingerprint density at radius 3 is 2.63 bits per heavy atom. The quantitative estimate of drug-likeness (QED) is 0.652. The molecule has 6 heteroatoms. The van der Waals surface area contributed by atoms with Crippen LogP contribution in [-0.4, -0.2) is 52.8 Å². The highest BCUT2D eigenvalue weighted by molar-refractivity contribution is 6.06. The summed E-state index contributed by atoms with van der Waals surface area (Å²) in [6.45, 7) is 5.70. The fraction of sp³-hybridized carbons (Fsp3) is 0.381. The number of hydrogen-bond acceptors (Lipinski definition) is 4. The van der Waals surface area contributed by atoms with E-state index in [4.69, 9.17) is 4.98 Å². The van der Waals surface area contributed by atoms with Gasteiger partial charge in [-0.3, -0.25) is 4.79 Å². The number of nitrogens with zero attached hydrogens (tertiary/aromatic N) is 4. The lowest BCUT2D eigenvalue weighted by Gasteiger charge is -2.12. The first-order valence-corrected chi connectivity index (χ1v) is 9.34. The summed E-state index contributed by atoms with van der Waals surface area (Å²) in [7, 11) is 4.06. The molecule has 0 aliphatic heterocycles. The first-order chi connectivity index (χ1) is 13.0. The van der Waals surface area contributed by atoms with Gasteiger partial charge < -0.3 is 10.2 Å². The van der Waals surface area contributed by atoms with Gasteiger partial charge in [-0.1, -0.05) is 30.3 Å². The fourth-order valence-electron chi connectivity index (χ4n) is 3.03. The Balaban J connectivity index is 1.98. The molecule has 0 saturated carbocycles. The van der Waals surface area contributed by atoms with E-state index in [1.165, 1.54) is 0 Å². The topological polar surface area (TPSA) is 63.1 Å². The number of amides is 1. The van der Waals surface area contributed by atoms with Crippen LogP contribution in [0.25, 0.3) is 22.3 Å². The van der Waals surface area contributed by atoms with Crippen LogP contribution < -0.4 is 5.32 Å². The molecule has 0 aliphatic rings. The van der Waals surface area contributed by atoms with E-state index in [1.807, 2.05) is 55.2 Å². The van der Waals surface area contributed by atoms with Gasteiger partial charge in [0.1, 0.15) is 0 Å². The Labute approximate surface area is 160 Å². The Kier molecular flexibility index (Phi) is 5.86. The van der Waals surface area contributed by atoms with Gasteiger partial charge in [0.2, 0.25) is 0 Å². The Morgan fingerprint density at radius 1 is 1.22 bits per heavy atom. The molecule has 1 amide bonds. The first kappa shape index (κ1) is 19.0. The highest BCUT2D eigenvalue weighted by Gasteiger charge is 2.18. The van der Waals surface area contributed by atoms with Gasteiger partial charge in [-0.05, 0) is 47.0 Å². The monoisotopic (exact) mass is 365 g/mol. The third kappa shape index (κ3) is 4.34. The molecule has 27 heavy (non-hydrogen) atoms. The number of aromatic nitrogens is 3. The largest absolute Gasteiger partial charge is 0.352 e. The van der Waals surface area contributed by atoms with Gasteiger partial charge in [0.25, 0.3) is 5.91 Å². The number of hydrogen-bond donors (Lipinski definition) is 1. The normalized spacial score (nSPS) is 11.5. The number of rotatable bonds is 7. The van der Waals surface area contributed by atoms with Crippen molar-refractivity contribution in [3.05, 3.63) is 48.2 Å². The first-order valence-electron chi connectivity index (χ1n) is 9.34. The van der Waals surface area contributed by atoms with Gasteiger partial charge >= 0.3 is 0 Å². The molecule has 0 bridgehead atoms. The van der Waals surface area contributed by atoms with Gasteiger partial charge in [0.15, 0.2) is 5.65 Å². The number of carbonyl (C=O) groups is 1. The van der Waals surface area contributed by atoms with Crippen LogP contribution in [-0.2, 0) is 0 Å². The van der Waals surface area contributed by atoms with Crippen LogP contribution in [0.5, 0.6) is 0 Å². The SMILES string of the molecule is CC(C)n1ncc2c(C(=O)NCCCN(C)C)cc(-c3ccccc3)nc21. The van der Waals surface area contributed by atoms with Gasteiger partial charge in [-0.25, -0.2) is 9.67 Å². The second-order valence-corrected chi connectivity index (χ2v) is 7.25. The van der Waals surface area contributed by atoms with E-state index in [1.54, 1.807) is 6.20 Å². The van der Waals surface area contributed by atoms with Gasteiger partial charge in [0, 0.05) is 18.2 Å². The molecule has 6 nitrogen and oxygen atoms in total. The lowest BCUT2D eigenvalue weighted by atomic mass is 10.1. The third-order valence-electron chi connectivity index (χ3n) is 4.44. The molecular weight excluding hydrogens is 338 g/mol. The molecule has 0 unspecified atom stereocenters. The van der Waals surface area contributed by atoms with E-state index in [9.17, 15) is 4.79 Å². The molecule has 0 atom stereocenters. The van der Waals surface area contributed by atoms with Crippen LogP contribution in [0.1, 0.15) is 36.7 Å². The minimum Gasteiger partial charge on any atom is -0.352 e. The molecule has 0 saturated heterocycles.